The topological polar surface area (TPSA) is 87.6 Å². The third-order valence-electron chi connectivity index (χ3n) is 4.52. The third-order valence-corrected chi connectivity index (χ3v) is 4.52. The quantitative estimate of drug-likeness (QED) is 0.677. The van der Waals surface area contributed by atoms with E-state index < -0.39 is 0 Å². The van der Waals surface area contributed by atoms with E-state index in [0.717, 1.165) is 42.0 Å². The molecule has 1 unspecified atom stereocenters. The molecule has 0 saturated heterocycles. The second-order valence-electron chi connectivity index (χ2n) is 6.16. The number of fused-ring (bicyclic) bond motifs is 1. The summed E-state index contributed by atoms with van der Waals surface area (Å²) in [4.78, 5) is 12.7. The Kier molecular flexibility index (Phi) is 4.07. The fraction of sp³-hybridized carbons (Fsp3) is 0.278. The number of amides is 1. The zero-order valence-corrected chi connectivity index (χ0v) is 14.0. The minimum Gasteiger partial charge on any atom is -0.344 e. The summed E-state index contributed by atoms with van der Waals surface area (Å²) in [6.45, 7) is 3.57. The molecule has 0 radical (unpaired) electrons. The van der Waals surface area contributed by atoms with Gasteiger partial charge in [-0.15, -0.1) is 0 Å². The van der Waals surface area contributed by atoms with Crippen LogP contribution in [0.25, 0.3) is 5.69 Å². The van der Waals surface area contributed by atoms with E-state index in [9.17, 15) is 4.79 Å². The third kappa shape index (κ3) is 2.94. The molecule has 128 valence electrons. The molecule has 0 spiro atoms. The highest BCUT2D eigenvalue weighted by molar-refractivity contribution is 5.94. The van der Waals surface area contributed by atoms with Gasteiger partial charge in [0.15, 0.2) is 5.69 Å². The Labute approximate surface area is 145 Å². The summed E-state index contributed by atoms with van der Waals surface area (Å²) in [5, 5.41) is 17.8. The van der Waals surface area contributed by atoms with Crippen LogP contribution >= 0.6 is 0 Å². The summed E-state index contributed by atoms with van der Waals surface area (Å²) in [5.41, 5.74) is 4.48. The molecule has 2 aromatic heterocycles. The Morgan fingerprint density at radius 3 is 3.04 bits per heavy atom. The molecule has 3 N–H and O–H groups in total. The highest BCUT2D eigenvalue weighted by Gasteiger charge is 2.23. The number of aromatic amines is 1. The Morgan fingerprint density at radius 1 is 1.32 bits per heavy atom. The maximum absolute atomic E-state index is 12.7. The molecule has 0 fully saturated rings. The van der Waals surface area contributed by atoms with E-state index in [1.165, 1.54) is 0 Å². The summed E-state index contributed by atoms with van der Waals surface area (Å²) in [5.74, 6) is -0.151. The van der Waals surface area contributed by atoms with Gasteiger partial charge in [-0.25, -0.2) is 4.68 Å². The second kappa shape index (κ2) is 6.52. The van der Waals surface area contributed by atoms with Crippen molar-refractivity contribution in [2.24, 2.45) is 0 Å². The molecule has 25 heavy (non-hydrogen) atoms. The van der Waals surface area contributed by atoms with Crippen molar-refractivity contribution >= 4 is 5.91 Å². The Bertz CT molecular complexity index is 883. The Morgan fingerprint density at radius 2 is 2.20 bits per heavy atom. The van der Waals surface area contributed by atoms with Crippen LogP contribution in [0.15, 0.2) is 42.7 Å². The van der Waals surface area contributed by atoms with Crippen molar-refractivity contribution in [3.05, 3.63) is 65.2 Å². The van der Waals surface area contributed by atoms with E-state index >= 15 is 0 Å². The average Bonchev–Trinajstić information content (AvgIpc) is 3.31. The Hall–Kier alpha value is -2.93. The molecular formula is C18H20N6O. The van der Waals surface area contributed by atoms with Crippen LogP contribution in [0.3, 0.4) is 0 Å². The number of hydrogen-bond acceptors (Lipinski definition) is 4. The lowest BCUT2D eigenvalue weighted by atomic mass is 10.0. The predicted molar refractivity (Wildman–Crippen MR) is 93.4 cm³/mol. The molecule has 1 aliphatic heterocycles. The first-order valence-corrected chi connectivity index (χ1v) is 8.40. The fourth-order valence-electron chi connectivity index (χ4n) is 3.25. The normalized spacial score (nSPS) is 14.8. The van der Waals surface area contributed by atoms with Crippen LogP contribution in [0.1, 0.15) is 40.3 Å². The van der Waals surface area contributed by atoms with Crippen molar-refractivity contribution in [1.82, 2.24) is 30.6 Å². The molecule has 4 rings (SSSR count). The lowest BCUT2D eigenvalue weighted by molar-refractivity contribution is 0.0934. The van der Waals surface area contributed by atoms with Crippen molar-refractivity contribution in [3.63, 3.8) is 0 Å². The maximum atomic E-state index is 12.7. The highest BCUT2D eigenvalue weighted by atomic mass is 16.2. The van der Waals surface area contributed by atoms with Crippen molar-refractivity contribution in [1.29, 1.82) is 0 Å². The minimum absolute atomic E-state index is 0.151. The van der Waals surface area contributed by atoms with Crippen LogP contribution in [0.2, 0.25) is 0 Å². The first-order valence-electron chi connectivity index (χ1n) is 8.40. The molecule has 1 atom stereocenters. The van der Waals surface area contributed by atoms with E-state index in [0.29, 0.717) is 5.69 Å². The number of rotatable bonds is 4. The molecular weight excluding hydrogens is 316 g/mol. The molecule has 0 saturated carbocycles. The second-order valence-corrected chi connectivity index (χ2v) is 6.16. The number of para-hydroxylation sites is 1. The predicted octanol–water partition coefficient (Wildman–Crippen LogP) is 1.73. The summed E-state index contributed by atoms with van der Waals surface area (Å²) >= 11 is 0. The van der Waals surface area contributed by atoms with E-state index in [1.54, 1.807) is 10.9 Å². The molecule has 1 aliphatic rings. The Balaban J connectivity index is 1.58. The SMILES string of the molecule is CC(NC(=O)c1n[nH]c2c1CCNC2)c1ccccc1-n1cccn1. The van der Waals surface area contributed by atoms with E-state index in [-0.39, 0.29) is 11.9 Å². The van der Waals surface area contributed by atoms with Gasteiger partial charge in [-0.1, -0.05) is 18.2 Å². The number of benzene rings is 1. The van der Waals surface area contributed by atoms with Crippen molar-refractivity contribution in [2.75, 3.05) is 6.54 Å². The van der Waals surface area contributed by atoms with Crippen LogP contribution in [0, 0.1) is 0 Å². The maximum Gasteiger partial charge on any atom is 0.272 e. The molecule has 7 heteroatoms. The minimum atomic E-state index is -0.165. The van der Waals surface area contributed by atoms with Crippen molar-refractivity contribution in [2.45, 2.75) is 25.9 Å². The van der Waals surface area contributed by atoms with Gasteiger partial charge in [0.25, 0.3) is 5.91 Å². The van der Waals surface area contributed by atoms with Crippen LogP contribution in [-0.2, 0) is 13.0 Å². The van der Waals surface area contributed by atoms with Gasteiger partial charge in [-0.05, 0) is 37.6 Å². The van der Waals surface area contributed by atoms with Gasteiger partial charge in [-0.3, -0.25) is 9.89 Å². The lowest BCUT2D eigenvalue weighted by Gasteiger charge is -2.18. The van der Waals surface area contributed by atoms with Crippen LogP contribution < -0.4 is 10.6 Å². The number of aromatic nitrogens is 4. The number of hydrogen-bond donors (Lipinski definition) is 3. The lowest BCUT2D eigenvalue weighted by Crippen LogP contribution is -2.30. The summed E-state index contributed by atoms with van der Waals surface area (Å²) in [6, 6.07) is 9.64. The molecule has 1 aromatic carbocycles. The molecule has 0 bridgehead atoms. The molecule has 3 heterocycles. The molecule has 7 nitrogen and oxygen atoms in total. The summed E-state index contributed by atoms with van der Waals surface area (Å²) in [6.07, 6.45) is 4.45. The molecule has 0 aliphatic carbocycles. The summed E-state index contributed by atoms with van der Waals surface area (Å²) < 4.78 is 1.81. The van der Waals surface area contributed by atoms with Crippen molar-refractivity contribution < 1.29 is 4.79 Å². The number of nitrogens with zero attached hydrogens (tertiary/aromatic N) is 3. The van der Waals surface area contributed by atoms with E-state index in [2.05, 4.69) is 25.9 Å². The van der Waals surface area contributed by atoms with E-state index in [1.807, 2.05) is 43.5 Å². The number of carbonyl (C=O) groups is 1. The number of nitrogens with one attached hydrogen (secondary N) is 3. The van der Waals surface area contributed by atoms with Gasteiger partial charge in [0.1, 0.15) is 0 Å². The van der Waals surface area contributed by atoms with Crippen LogP contribution in [0.5, 0.6) is 0 Å². The standard InChI is InChI=1S/C18H20N6O/c1-12(13-5-2-3-6-16(13)24-10-4-8-20-24)21-18(25)17-14-7-9-19-11-15(14)22-23-17/h2-6,8,10,12,19H,7,9,11H2,1H3,(H,21,25)(H,22,23). The van der Waals surface area contributed by atoms with E-state index in [4.69, 9.17) is 0 Å². The van der Waals surface area contributed by atoms with Gasteiger partial charge in [0, 0.05) is 24.5 Å². The van der Waals surface area contributed by atoms with Gasteiger partial charge in [-0.2, -0.15) is 10.2 Å². The molecule has 3 aromatic rings. The van der Waals surface area contributed by atoms with Crippen LogP contribution in [0.4, 0.5) is 0 Å². The average molecular weight is 336 g/mol. The van der Waals surface area contributed by atoms with Gasteiger partial charge < -0.3 is 10.6 Å². The molecule has 1 amide bonds. The number of carbonyl (C=O) groups excluding carboxylic acids is 1. The van der Waals surface area contributed by atoms with Gasteiger partial charge in [0.2, 0.25) is 0 Å². The largest absolute Gasteiger partial charge is 0.344 e. The monoisotopic (exact) mass is 336 g/mol. The van der Waals surface area contributed by atoms with Crippen LogP contribution in [-0.4, -0.2) is 32.4 Å². The van der Waals surface area contributed by atoms with Crippen molar-refractivity contribution in [3.8, 4) is 5.69 Å². The number of H-pyrrole nitrogens is 1. The first-order chi connectivity index (χ1) is 12.2. The summed E-state index contributed by atoms with van der Waals surface area (Å²) in [7, 11) is 0. The smallest absolute Gasteiger partial charge is 0.272 e. The van der Waals surface area contributed by atoms with Gasteiger partial charge >= 0.3 is 0 Å². The highest BCUT2D eigenvalue weighted by Crippen LogP contribution is 2.22. The zero-order valence-electron chi connectivity index (χ0n) is 14.0. The first kappa shape index (κ1) is 15.6. The fourth-order valence-corrected chi connectivity index (χ4v) is 3.25. The zero-order chi connectivity index (χ0) is 17.2. The van der Waals surface area contributed by atoms with Gasteiger partial charge in [0.05, 0.1) is 17.4 Å².